The molecule has 0 unspecified atom stereocenters. The van der Waals surface area contributed by atoms with E-state index in [2.05, 4.69) is 5.32 Å². The van der Waals surface area contributed by atoms with E-state index in [1.54, 1.807) is 12.1 Å². The van der Waals surface area contributed by atoms with Crippen LogP contribution in [0, 0.1) is 0 Å². The number of carbonyl (C=O) groups is 2. The number of phenols is 1. The van der Waals surface area contributed by atoms with Gasteiger partial charge in [-0.2, -0.15) is 0 Å². The maximum atomic E-state index is 12.6. The van der Waals surface area contributed by atoms with Crippen molar-refractivity contribution in [3.8, 4) is 11.5 Å². The maximum absolute atomic E-state index is 12.6. The first kappa shape index (κ1) is 19.3. The molecule has 0 aliphatic rings. The molecule has 0 aliphatic carbocycles. The highest BCUT2D eigenvalue weighted by molar-refractivity contribution is 6.08. The van der Waals surface area contributed by atoms with Crippen molar-refractivity contribution in [3.05, 3.63) is 66.2 Å². The summed E-state index contributed by atoms with van der Waals surface area (Å²) in [5.41, 5.74) is 1.87. The molecule has 3 aromatic carbocycles. The number of nitrogens with one attached hydrogen (secondary N) is 1. The lowest BCUT2D eigenvalue weighted by Crippen LogP contribution is -2.30. The van der Waals surface area contributed by atoms with Crippen LogP contribution < -0.4 is 10.1 Å². The van der Waals surface area contributed by atoms with Gasteiger partial charge in [0.2, 0.25) is 0 Å². The number of ether oxygens (including phenoxy) is 2. The number of fused-ring (bicyclic) bond motifs is 3. The summed E-state index contributed by atoms with van der Waals surface area (Å²) >= 11 is 0. The van der Waals surface area contributed by atoms with Crippen LogP contribution in [-0.4, -0.2) is 30.2 Å². The Hall–Kier alpha value is -4.00. The number of benzene rings is 3. The van der Waals surface area contributed by atoms with Crippen LogP contribution in [0.25, 0.3) is 21.9 Å². The van der Waals surface area contributed by atoms with Gasteiger partial charge in [0.25, 0.3) is 5.91 Å². The van der Waals surface area contributed by atoms with Gasteiger partial charge in [-0.1, -0.05) is 24.3 Å². The Morgan fingerprint density at radius 1 is 1.00 bits per heavy atom. The van der Waals surface area contributed by atoms with E-state index in [0.717, 1.165) is 16.4 Å². The smallest absolute Gasteiger partial charge is 0.339 e. The Balaban J connectivity index is 1.55. The summed E-state index contributed by atoms with van der Waals surface area (Å²) in [4.78, 5) is 24.8. The van der Waals surface area contributed by atoms with E-state index in [1.807, 2.05) is 24.3 Å². The lowest BCUT2D eigenvalue weighted by Gasteiger charge is -2.15. The second-order valence-corrected chi connectivity index (χ2v) is 6.73. The first-order valence-electron chi connectivity index (χ1n) is 9.26. The highest BCUT2D eigenvalue weighted by Crippen LogP contribution is 2.36. The zero-order valence-corrected chi connectivity index (χ0v) is 16.3. The first-order valence-corrected chi connectivity index (χ1v) is 9.26. The number of rotatable bonds is 5. The maximum Gasteiger partial charge on any atom is 0.339 e. The summed E-state index contributed by atoms with van der Waals surface area (Å²) in [6, 6.07) is 16.8. The summed E-state index contributed by atoms with van der Waals surface area (Å²) < 4.78 is 16.5. The summed E-state index contributed by atoms with van der Waals surface area (Å²) in [5, 5.41) is 14.0. The van der Waals surface area contributed by atoms with Crippen molar-refractivity contribution >= 4 is 39.5 Å². The molecule has 0 bridgehead atoms. The fourth-order valence-electron chi connectivity index (χ4n) is 3.17. The van der Waals surface area contributed by atoms with Crippen LogP contribution in [0.1, 0.15) is 17.3 Å². The van der Waals surface area contributed by atoms with Gasteiger partial charge in [0.1, 0.15) is 22.7 Å². The van der Waals surface area contributed by atoms with Gasteiger partial charge < -0.3 is 24.3 Å². The van der Waals surface area contributed by atoms with E-state index >= 15 is 0 Å². The van der Waals surface area contributed by atoms with Gasteiger partial charge in [-0.05, 0) is 37.3 Å². The van der Waals surface area contributed by atoms with Crippen LogP contribution in [0.5, 0.6) is 11.5 Å². The number of hydrogen-bond acceptors (Lipinski definition) is 6. The highest BCUT2D eigenvalue weighted by Gasteiger charge is 2.21. The van der Waals surface area contributed by atoms with Gasteiger partial charge in [-0.15, -0.1) is 0 Å². The van der Waals surface area contributed by atoms with Crippen molar-refractivity contribution in [2.24, 2.45) is 0 Å². The third-order valence-electron chi connectivity index (χ3n) is 4.69. The quantitative estimate of drug-likeness (QED) is 0.475. The molecule has 0 saturated carbocycles. The molecular formula is C23H19NO6. The van der Waals surface area contributed by atoms with Crippen molar-refractivity contribution in [2.45, 2.75) is 13.0 Å². The average molecular weight is 405 g/mol. The number of methoxy groups -OCH3 is 1. The third kappa shape index (κ3) is 3.65. The Kier molecular flexibility index (Phi) is 5.02. The zero-order chi connectivity index (χ0) is 21.3. The molecule has 4 rings (SSSR count). The normalized spacial score (nSPS) is 11.9. The van der Waals surface area contributed by atoms with Crippen LogP contribution >= 0.6 is 0 Å². The van der Waals surface area contributed by atoms with E-state index < -0.39 is 18.0 Å². The third-order valence-corrected chi connectivity index (χ3v) is 4.69. The molecule has 1 heterocycles. The highest BCUT2D eigenvalue weighted by atomic mass is 16.5. The zero-order valence-electron chi connectivity index (χ0n) is 16.3. The molecule has 4 aromatic rings. The summed E-state index contributed by atoms with van der Waals surface area (Å²) in [6.45, 7) is 1.46. The lowest BCUT2D eigenvalue weighted by atomic mass is 10.1. The number of carbonyl (C=O) groups excluding carboxylic acids is 2. The van der Waals surface area contributed by atoms with Crippen LogP contribution in [0.4, 0.5) is 5.69 Å². The van der Waals surface area contributed by atoms with Crippen molar-refractivity contribution in [1.29, 1.82) is 0 Å². The number of para-hydroxylation sites is 1. The number of amides is 1. The van der Waals surface area contributed by atoms with Crippen molar-refractivity contribution in [2.75, 3.05) is 12.4 Å². The molecule has 0 spiro atoms. The first-order chi connectivity index (χ1) is 14.5. The summed E-state index contributed by atoms with van der Waals surface area (Å²) in [6.07, 6.45) is -1.07. The van der Waals surface area contributed by atoms with Gasteiger partial charge in [0, 0.05) is 16.8 Å². The molecule has 0 radical (unpaired) electrons. The number of aromatic hydroxyl groups is 1. The largest absolute Gasteiger partial charge is 0.508 e. The van der Waals surface area contributed by atoms with Gasteiger partial charge in [0.15, 0.2) is 6.10 Å². The topological polar surface area (TPSA) is 98.0 Å². The van der Waals surface area contributed by atoms with Gasteiger partial charge in [-0.3, -0.25) is 4.79 Å². The van der Waals surface area contributed by atoms with E-state index in [0.29, 0.717) is 17.0 Å². The summed E-state index contributed by atoms with van der Waals surface area (Å²) in [7, 11) is 1.50. The van der Waals surface area contributed by atoms with Gasteiger partial charge >= 0.3 is 5.97 Å². The van der Waals surface area contributed by atoms with Crippen LogP contribution in [-0.2, 0) is 9.53 Å². The Morgan fingerprint density at radius 2 is 1.80 bits per heavy atom. The molecule has 0 saturated heterocycles. The molecule has 7 heteroatoms. The fraction of sp³-hybridized carbons (Fsp3) is 0.130. The predicted molar refractivity (Wildman–Crippen MR) is 112 cm³/mol. The second kappa shape index (κ2) is 7.79. The SMILES string of the molecule is COc1cc2c(cc1NC(=O)[C@H](C)OC(=O)c1cccc(O)c1)oc1ccccc12. The summed E-state index contributed by atoms with van der Waals surface area (Å²) in [5.74, 6) is -0.857. The number of anilines is 1. The number of phenolic OH excluding ortho intramolecular Hbond substituents is 1. The second-order valence-electron chi connectivity index (χ2n) is 6.73. The molecule has 1 aromatic heterocycles. The average Bonchev–Trinajstić information content (AvgIpc) is 3.10. The molecular weight excluding hydrogens is 386 g/mol. The Bertz CT molecular complexity index is 1260. The van der Waals surface area contributed by atoms with E-state index in [1.165, 1.54) is 38.3 Å². The minimum Gasteiger partial charge on any atom is -0.508 e. The molecule has 30 heavy (non-hydrogen) atoms. The van der Waals surface area contributed by atoms with Crippen LogP contribution in [0.3, 0.4) is 0 Å². The monoisotopic (exact) mass is 405 g/mol. The minimum atomic E-state index is -1.07. The number of hydrogen-bond donors (Lipinski definition) is 2. The minimum absolute atomic E-state index is 0.0644. The fourth-order valence-corrected chi connectivity index (χ4v) is 3.17. The van der Waals surface area contributed by atoms with Crippen molar-refractivity contribution in [3.63, 3.8) is 0 Å². The molecule has 0 aliphatic heterocycles. The van der Waals surface area contributed by atoms with E-state index in [9.17, 15) is 14.7 Å². The predicted octanol–water partition coefficient (Wildman–Crippen LogP) is 4.48. The molecule has 2 N–H and O–H groups in total. The number of esters is 1. The van der Waals surface area contributed by atoms with Gasteiger partial charge in [-0.25, -0.2) is 4.79 Å². The molecule has 1 atom stereocenters. The van der Waals surface area contributed by atoms with E-state index in [-0.39, 0.29) is 11.3 Å². The molecule has 152 valence electrons. The lowest BCUT2D eigenvalue weighted by molar-refractivity contribution is -0.123. The molecule has 0 fully saturated rings. The number of furan rings is 1. The molecule has 1 amide bonds. The standard InChI is InChI=1S/C23H19NO6/c1-13(29-23(27)14-6-5-7-15(25)10-14)22(26)24-18-12-20-17(11-21(18)28-2)16-8-3-4-9-19(16)30-20/h3-13,25H,1-2H3,(H,24,26)/t13-/m0/s1. The van der Waals surface area contributed by atoms with Gasteiger partial charge in [0.05, 0.1) is 18.4 Å². The van der Waals surface area contributed by atoms with E-state index in [4.69, 9.17) is 13.9 Å². The van der Waals surface area contributed by atoms with Crippen LogP contribution in [0.2, 0.25) is 0 Å². The van der Waals surface area contributed by atoms with Crippen LogP contribution in [0.15, 0.2) is 65.1 Å². The Labute approximate surface area is 171 Å². The van der Waals surface area contributed by atoms with Crippen molar-refractivity contribution in [1.82, 2.24) is 0 Å². The Morgan fingerprint density at radius 3 is 2.57 bits per heavy atom. The van der Waals surface area contributed by atoms with Crippen molar-refractivity contribution < 1.29 is 28.6 Å². The molecule has 7 nitrogen and oxygen atoms in total.